The van der Waals surface area contributed by atoms with Gasteiger partial charge in [-0.15, -0.1) is 0 Å². The Morgan fingerprint density at radius 2 is 0.772 bits per heavy atom. The van der Waals surface area contributed by atoms with E-state index in [-0.39, 0.29) is 27.8 Å². The number of carbonyl (C=O) groups is 5. The zero-order valence-electron chi connectivity index (χ0n) is 30.5. The quantitative estimate of drug-likeness (QED) is 0.0919. The van der Waals surface area contributed by atoms with Crippen LogP contribution in [-0.4, -0.2) is 70.7 Å². The Hall–Kier alpha value is -7.38. The standard InChI is InChI=1S/C42H31B3N6O6/c1-29-17-11-12-24-33(29)42(56)51(57)45-49(31-20-7-3-8-21-31)43(46-38(52)34-25-13-14-26-35(34)39(46)53)48(30-18-5-2-6-19-30)44(50(45)32-22-9-4-10-23-32)47-40(54)36-27-15-16-28-37(36)41(47)55/h2-28,57H,1H3. The number of amides is 5. The predicted molar refractivity (Wildman–Crippen MR) is 217 cm³/mol. The molecule has 15 heteroatoms. The summed E-state index contributed by atoms with van der Waals surface area (Å²) in [5.41, 5.74) is 2.57. The Labute approximate surface area is 329 Å². The SMILES string of the molecule is Cc1ccccc1C(=O)N(O)B1N(c2ccccc2)B(N2C(=O)c3ccccc3C2=O)N(c2ccccc2)B(N2C(=O)c3ccccc3C2=O)N1c1ccccc1. The molecule has 274 valence electrons. The Morgan fingerprint density at radius 3 is 1.14 bits per heavy atom. The smallest absolute Gasteiger partial charge is 0.383 e. The number of hydrogen-bond acceptors (Lipinski definition) is 9. The van der Waals surface area contributed by atoms with Gasteiger partial charge in [-0.25, -0.2) is 4.97 Å². The number of para-hydroxylation sites is 3. The van der Waals surface area contributed by atoms with Crippen molar-refractivity contribution in [3.05, 3.63) is 197 Å². The summed E-state index contributed by atoms with van der Waals surface area (Å²) in [5, 5.41) is 12.7. The maximum Gasteiger partial charge on any atom is 0.513 e. The molecular formula is C42H31B3N6O6. The van der Waals surface area contributed by atoms with Gasteiger partial charge in [0.05, 0.1) is 22.3 Å². The Bertz CT molecular complexity index is 2390. The van der Waals surface area contributed by atoms with Crippen LogP contribution >= 0.6 is 0 Å². The van der Waals surface area contributed by atoms with E-state index in [2.05, 4.69) is 0 Å². The van der Waals surface area contributed by atoms with Crippen LogP contribution in [0.5, 0.6) is 0 Å². The van der Waals surface area contributed by atoms with Gasteiger partial charge in [0.15, 0.2) is 0 Å². The average molecular weight is 748 g/mol. The fourth-order valence-corrected chi connectivity index (χ4v) is 7.97. The third-order valence-electron chi connectivity index (χ3n) is 10.6. The Morgan fingerprint density at radius 1 is 0.456 bits per heavy atom. The van der Waals surface area contributed by atoms with Gasteiger partial charge in [-0.05, 0) is 79.2 Å². The summed E-state index contributed by atoms with van der Waals surface area (Å²) in [5.74, 6) is -3.40. The highest BCUT2D eigenvalue weighted by Crippen LogP contribution is 2.40. The number of carbonyl (C=O) groups excluding carboxylic acids is 5. The summed E-state index contributed by atoms with van der Waals surface area (Å²) in [6, 6.07) is 46.1. The topological polar surface area (TPSA) is 125 Å². The van der Waals surface area contributed by atoms with Gasteiger partial charge in [-0.2, -0.15) is 0 Å². The number of aryl methyl sites for hydroxylation is 1. The molecule has 3 heterocycles. The highest BCUT2D eigenvalue weighted by atomic mass is 16.5. The van der Waals surface area contributed by atoms with Gasteiger partial charge >= 0.3 is 21.4 Å². The molecule has 0 saturated carbocycles. The maximum atomic E-state index is 14.8. The van der Waals surface area contributed by atoms with Gasteiger partial charge in [-0.3, -0.25) is 38.8 Å². The van der Waals surface area contributed by atoms with Crippen molar-refractivity contribution in [2.24, 2.45) is 0 Å². The molecular weight excluding hydrogens is 717 g/mol. The fourth-order valence-electron chi connectivity index (χ4n) is 7.97. The summed E-state index contributed by atoms with van der Waals surface area (Å²) < 4.78 is 4.82. The molecule has 0 bridgehead atoms. The summed E-state index contributed by atoms with van der Waals surface area (Å²) in [4.78, 5) is 76.5. The van der Waals surface area contributed by atoms with E-state index < -0.39 is 50.9 Å². The fraction of sp³-hybridized carbons (Fsp3) is 0.0238. The van der Waals surface area contributed by atoms with E-state index in [1.165, 1.54) is 0 Å². The minimum Gasteiger partial charge on any atom is -0.383 e. The van der Waals surface area contributed by atoms with Gasteiger partial charge in [0.1, 0.15) is 0 Å². The Kier molecular flexibility index (Phi) is 8.70. The molecule has 1 N–H and O–H groups in total. The second-order valence-corrected chi connectivity index (χ2v) is 13.8. The molecule has 0 unspecified atom stereocenters. The van der Waals surface area contributed by atoms with Gasteiger partial charge in [0.2, 0.25) is 0 Å². The number of nitrogens with zero attached hydrogens (tertiary/aromatic N) is 6. The molecule has 12 nitrogen and oxygen atoms in total. The highest BCUT2D eigenvalue weighted by Gasteiger charge is 2.67. The normalized spacial score (nSPS) is 15.1. The van der Waals surface area contributed by atoms with Crippen molar-refractivity contribution in [3.8, 4) is 0 Å². The maximum absolute atomic E-state index is 14.8. The van der Waals surface area contributed by atoms with Crippen LogP contribution in [0.2, 0.25) is 0 Å². The van der Waals surface area contributed by atoms with Crippen molar-refractivity contribution >= 4 is 68.0 Å². The number of fused-ring (bicyclic) bond motifs is 2. The first-order chi connectivity index (χ1) is 27.8. The third kappa shape index (κ3) is 5.58. The average Bonchev–Trinajstić information content (AvgIpc) is 3.66. The van der Waals surface area contributed by atoms with Crippen molar-refractivity contribution in [2.45, 2.75) is 6.92 Å². The third-order valence-corrected chi connectivity index (χ3v) is 10.6. The molecule has 0 atom stereocenters. The largest absolute Gasteiger partial charge is 0.513 e. The van der Waals surface area contributed by atoms with Crippen LogP contribution < -0.4 is 14.2 Å². The Balaban J connectivity index is 1.38. The lowest BCUT2D eigenvalue weighted by atomic mass is 9.52. The molecule has 0 spiro atoms. The first kappa shape index (κ1) is 35.3. The molecule has 0 radical (unpaired) electrons. The number of anilines is 3. The minimum atomic E-state index is -1.62. The van der Waals surface area contributed by atoms with Crippen molar-refractivity contribution in [3.63, 3.8) is 0 Å². The van der Waals surface area contributed by atoms with Gasteiger partial charge in [0.25, 0.3) is 29.5 Å². The van der Waals surface area contributed by atoms with Crippen LogP contribution in [0.1, 0.15) is 57.4 Å². The van der Waals surface area contributed by atoms with Gasteiger partial charge < -0.3 is 14.2 Å². The van der Waals surface area contributed by atoms with E-state index in [1.54, 1.807) is 185 Å². The summed E-state index contributed by atoms with van der Waals surface area (Å²) in [6.45, 7) is 1.74. The van der Waals surface area contributed by atoms with Crippen LogP contribution in [0.15, 0.2) is 164 Å². The number of imide groups is 2. The number of hydroxylamine groups is 1. The van der Waals surface area contributed by atoms with E-state index in [9.17, 15) is 29.2 Å². The molecule has 3 aliphatic rings. The second kappa shape index (κ2) is 14.0. The number of hydrogen-bond donors (Lipinski definition) is 1. The summed E-state index contributed by atoms with van der Waals surface area (Å²) in [6.07, 6.45) is 0. The monoisotopic (exact) mass is 748 g/mol. The van der Waals surface area contributed by atoms with Crippen LogP contribution in [-0.2, 0) is 0 Å². The zero-order chi connectivity index (χ0) is 39.4. The lowest BCUT2D eigenvalue weighted by molar-refractivity contribution is 0.00195. The van der Waals surface area contributed by atoms with E-state index in [1.807, 2.05) is 0 Å². The molecule has 57 heavy (non-hydrogen) atoms. The summed E-state index contributed by atoms with van der Waals surface area (Å²) in [7, 11) is -4.65. The van der Waals surface area contributed by atoms with Crippen LogP contribution in [0.4, 0.5) is 17.1 Å². The molecule has 0 aromatic heterocycles. The van der Waals surface area contributed by atoms with E-state index >= 15 is 0 Å². The minimum absolute atomic E-state index is 0.152. The van der Waals surface area contributed by atoms with Crippen molar-refractivity contribution in [2.75, 3.05) is 14.2 Å². The molecule has 1 fully saturated rings. The number of benzene rings is 6. The van der Waals surface area contributed by atoms with E-state index in [0.717, 1.165) is 9.62 Å². The molecule has 3 aliphatic heterocycles. The van der Waals surface area contributed by atoms with Gasteiger partial charge in [0, 0.05) is 22.6 Å². The van der Waals surface area contributed by atoms with Crippen molar-refractivity contribution < 1.29 is 29.2 Å². The van der Waals surface area contributed by atoms with Crippen LogP contribution in [0.25, 0.3) is 0 Å². The van der Waals surface area contributed by atoms with E-state index in [0.29, 0.717) is 27.6 Å². The van der Waals surface area contributed by atoms with E-state index in [4.69, 9.17) is 0 Å². The lowest BCUT2D eigenvalue weighted by Gasteiger charge is -2.57. The second-order valence-electron chi connectivity index (χ2n) is 13.8. The van der Waals surface area contributed by atoms with Gasteiger partial charge in [-0.1, -0.05) is 97.1 Å². The molecule has 9 rings (SSSR count). The molecule has 0 aliphatic carbocycles. The first-order valence-corrected chi connectivity index (χ1v) is 18.3. The highest BCUT2D eigenvalue weighted by molar-refractivity contribution is 7.05. The molecule has 1 saturated heterocycles. The van der Waals surface area contributed by atoms with Crippen molar-refractivity contribution in [1.82, 2.24) is 14.6 Å². The number of rotatable bonds is 7. The van der Waals surface area contributed by atoms with Crippen LogP contribution in [0.3, 0.4) is 0 Å². The molecule has 6 aromatic carbocycles. The molecule has 6 aromatic rings. The lowest BCUT2D eigenvalue weighted by Crippen LogP contribution is -2.89. The predicted octanol–water partition coefficient (Wildman–Crippen LogP) is 5.91. The zero-order valence-corrected chi connectivity index (χ0v) is 30.5. The van der Waals surface area contributed by atoms with Crippen LogP contribution in [0, 0.1) is 6.92 Å². The molecule has 5 amide bonds. The van der Waals surface area contributed by atoms with Crippen molar-refractivity contribution in [1.29, 1.82) is 0 Å². The summed E-state index contributed by atoms with van der Waals surface area (Å²) >= 11 is 0. The first-order valence-electron chi connectivity index (χ1n) is 18.3.